The van der Waals surface area contributed by atoms with Gasteiger partial charge in [-0.05, 0) is 55.6 Å². The van der Waals surface area contributed by atoms with Gasteiger partial charge in [-0.3, -0.25) is 0 Å². The van der Waals surface area contributed by atoms with E-state index in [1.807, 2.05) is 56.3 Å². The van der Waals surface area contributed by atoms with Gasteiger partial charge in [-0.25, -0.2) is 4.39 Å². The Kier molecular flexibility index (Phi) is 5.01. The van der Waals surface area contributed by atoms with Crippen LogP contribution < -0.4 is 5.73 Å². The first-order chi connectivity index (χ1) is 13.6. The molecule has 1 aromatic heterocycles. The van der Waals surface area contributed by atoms with E-state index in [1.54, 1.807) is 0 Å². The average Bonchev–Trinajstić information content (AvgIpc) is 2.95. The fourth-order valence-corrected chi connectivity index (χ4v) is 3.85. The van der Waals surface area contributed by atoms with E-state index in [2.05, 4.69) is 28.8 Å². The Labute approximate surface area is 165 Å². The monoisotopic (exact) mass is 372 g/mol. The van der Waals surface area contributed by atoms with Gasteiger partial charge < -0.3 is 10.3 Å². The van der Waals surface area contributed by atoms with E-state index in [1.165, 1.54) is 5.56 Å². The second kappa shape index (κ2) is 7.61. The van der Waals surface area contributed by atoms with E-state index in [9.17, 15) is 0 Å². The number of aromatic nitrogens is 1. The molecule has 0 saturated carbocycles. The smallest absolute Gasteiger partial charge is 0.156 e. The summed E-state index contributed by atoms with van der Waals surface area (Å²) in [5.41, 5.74) is 12.7. The number of aryl methyl sites for hydroxylation is 2. The standard InChI is InChI=1S/C25H25FN2/c1-17-7-12-23-22(15-17)24(26)25(21-6-4-3-5-18(21)2)28(23)16-20-10-8-19(9-11-20)13-14-27/h3-12,15H,13-14,16,27H2,1-2H3. The van der Waals surface area contributed by atoms with Crippen LogP contribution in [0.4, 0.5) is 4.39 Å². The number of hydrogen-bond acceptors (Lipinski definition) is 1. The Hall–Kier alpha value is -2.91. The summed E-state index contributed by atoms with van der Waals surface area (Å²) < 4.78 is 17.7. The van der Waals surface area contributed by atoms with Gasteiger partial charge in [0.25, 0.3) is 0 Å². The topological polar surface area (TPSA) is 30.9 Å². The zero-order valence-electron chi connectivity index (χ0n) is 16.4. The second-order valence-electron chi connectivity index (χ2n) is 7.44. The maximum absolute atomic E-state index is 15.6. The summed E-state index contributed by atoms with van der Waals surface area (Å²) >= 11 is 0. The summed E-state index contributed by atoms with van der Waals surface area (Å²) in [6.45, 7) is 5.29. The molecule has 4 aromatic rings. The van der Waals surface area contributed by atoms with Gasteiger partial charge >= 0.3 is 0 Å². The Balaban J connectivity index is 1.88. The van der Waals surface area contributed by atoms with Gasteiger partial charge in [0.2, 0.25) is 0 Å². The third-order valence-corrected chi connectivity index (χ3v) is 5.35. The van der Waals surface area contributed by atoms with Gasteiger partial charge in [-0.1, -0.05) is 60.2 Å². The van der Waals surface area contributed by atoms with Crippen molar-refractivity contribution in [3.05, 3.63) is 94.8 Å². The Bertz CT molecular complexity index is 1120. The number of nitrogens with two attached hydrogens (primary N) is 1. The van der Waals surface area contributed by atoms with Crippen LogP contribution in [0.25, 0.3) is 22.2 Å². The van der Waals surface area contributed by atoms with Crippen LogP contribution in [0.1, 0.15) is 22.3 Å². The normalized spacial score (nSPS) is 11.3. The maximum Gasteiger partial charge on any atom is 0.156 e. The van der Waals surface area contributed by atoms with Crippen molar-refractivity contribution >= 4 is 10.9 Å². The van der Waals surface area contributed by atoms with Crippen molar-refractivity contribution in [1.82, 2.24) is 4.57 Å². The predicted octanol–water partition coefficient (Wildman–Crippen LogP) is 5.61. The lowest BCUT2D eigenvalue weighted by Gasteiger charge is -2.13. The molecule has 4 rings (SSSR count). The van der Waals surface area contributed by atoms with Crippen LogP contribution in [0.5, 0.6) is 0 Å². The van der Waals surface area contributed by atoms with Crippen LogP contribution in [0, 0.1) is 19.7 Å². The minimum absolute atomic E-state index is 0.146. The van der Waals surface area contributed by atoms with E-state index in [-0.39, 0.29) is 5.82 Å². The summed E-state index contributed by atoms with van der Waals surface area (Å²) in [5.74, 6) is -0.146. The number of halogens is 1. The van der Waals surface area contributed by atoms with Crippen molar-refractivity contribution in [2.24, 2.45) is 5.73 Å². The third-order valence-electron chi connectivity index (χ3n) is 5.35. The van der Waals surface area contributed by atoms with Crippen LogP contribution in [0.15, 0.2) is 66.7 Å². The summed E-state index contributed by atoms with van der Waals surface area (Å²) in [6.07, 6.45) is 0.870. The molecule has 0 spiro atoms. The van der Waals surface area contributed by atoms with E-state index in [0.717, 1.165) is 34.2 Å². The quantitative estimate of drug-likeness (QED) is 0.485. The lowest BCUT2D eigenvalue weighted by Crippen LogP contribution is -2.05. The highest BCUT2D eigenvalue weighted by Gasteiger charge is 2.20. The molecule has 1 heterocycles. The van der Waals surface area contributed by atoms with E-state index >= 15 is 4.39 Å². The number of rotatable bonds is 5. The predicted molar refractivity (Wildman–Crippen MR) is 115 cm³/mol. The zero-order valence-corrected chi connectivity index (χ0v) is 16.4. The molecule has 0 atom stereocenters. The van der Waals surface area contributed by atoms with Crippen molar-refractivity contribution < 1.29 is 4.39 Å². The highest BCUT2D eigenvalue weighted by atomic mass is 19.1. The molecule has 3 aromatic carbocycles. The molecule has 2 N–H and O–H groups in total. The Morgan fingerprint density at radius 2 is 1.61 bits per heavy atom. The molecule has 0 fully saturated rings. The molecule has 2 nitrogen and oxygen atoms in total. The molecule has 0 aliphatic carbocycles. The van der Waals surface area contributed by atoms with Crippen molar-refractivity contribution in [3.8, 4) is 11.3 Å². The first-order valence-electron chi connectivity index (χ1n) is 9.70. The zero-order chi connectivity index (χ0) is 19.7. The van der Waals surface area contributed by atoms with Crippen molar-refractivity contribution in [2.45, 2.75) is 26.8 Å². The lowest BCUT2D eigenvalue weighted by molar-refractivity contribution is 0.635. The van der Waals surface area contributed by atoms with Crippen molar-refractivity contribution in [1.29, 1.82) is 0 Å². The first kappa shape index (κ1) is 18.5. The molecule has 0 radical (unpaired) electrons. The summed E-state index contributed by atoms with van der Waals surface area (Å²) in [5, 5.41) is 0.679. The fraction of sp³-hybridized carbons (Fsp3) is 0.200. The van der Waals surface area contributed by atoms with Gasteiger partial charge in [0.15, 0.2) is 5.82 Å². The minimum atomic E-state index is -0.146. The minimum Gasteiger partial charge on any atom is -0.334 e. The first-order valence-corrected chi connectivity index (χ1v) is 9.70. The molecule has 3 heteroatoms. The molecule has 28 heavy (non-hydrogen) atoms. The van der Waals surface area contributed by atoms with Gasteiger partial charge in [-0.15, -0.1) is 0 Å². The van der Waals surface area contributed by atoms with E-state index in [4.69, 9.17) is 5.73 Å². The van der Waals surface area contributed by atoms with Gasteiger partial charge in [0, 0.05) is 17.5 Å². The van der Waals surface area contributed by atoms with E-state index in [0.29, 0.717) is 24.2 Å². The van der Waals surface area contributed by atoms with Crippen LogP contribution >= 0.6 is 0 Å². The fourth-order valence-electron chi connectivity index (χ4n) is 3.85. The number of nitrogens with zero attached hydrogens (tertiary/aromatic N) is 1. The maximum atomic E-state index is 15.6. The molecule has 0 unspecified atom stereocenters. The SMILES string of the molecule is Cc1ccc2c(c1)c(F)c(-c1ccccc1C)n2Cc1ccc(CCN)cc1. The third kappa shape index (κ3) is 3.34. The molecule has 0 aliphatic heterocycles. The van der Waals surface area contributed by atoms with E-state index < -0.39 is 0 Å². The van der Waals surface area contributed by atoms with Crippen LogP contribution in [0.2, 0.25) is 0 Å². The second-order valence-corrected chi connectivity index (χ2v) is 7.44. The molecule has 0 amide bonds. The highest BCUT2D eigenvalue weighted by Crippen LogP contribution is 2.35. The molecular weight excluding hydrogens is 347 g/mol. The van der Waals surface area contributed by atoms with Gasteiger partial charge in [-0.2, -0.15) is 0 Å². The number of benzene rings is 3. The van der Waals surface area contributed by atoms with Gasteiger partial charge in [0.1, 0.15) is 0 Å². The van der Waals surface area contributed by atoms with Crippen molar-refractivity contribution in [3.63, 3.8) is 0 Å². The average molecular weight is 372 g/mol. The number of hydrogen-bond donors (Lipinski definition) is 1. The molecule has 0 bridgehead atoms. The van der Waals surface area contributed by atoms with Gasteiger partial charge in [0.05, 0.1) is 11.2 Å². The molecule has 0 saturated heterocycles. The highest BCUT2D eigenvalue weighted by molar-refractivity contribution is 5.89. The molecule has 0 aliphatic rings. The van der Waals surface area contributed by atoms with Crippen LogP contribution in [0.3, 0.4) is 0 Å². The van der Waals surface area contributed by atoms with Crippen molar-refractivity contribution in [2.75, 3.05) is 6.54 Å². The molecule has 142 valence electrons. The lowest BCUT2D eigenvalue weighted by atomic mass is 10.0. The summed E-state index contributed by atoms with van der Waals surface area (Å²) in [7, 11) is 0. The van der Waals surface area contributed by atoms with Crippen LogP contribution in [-0.2, 0) is 13.0 Å². The number of fused-ring (bicyclic) bond motifs is 1. The largest absolute Gasteiger partial charge is 0.334 e. The van der Waals surface area contributed by atoms with Crippen LogP contribution in [-0.4, -0.2) is 11.1 Å². The molecular formula is C25H25FN2. The summed E-state index contributed by atoms with van der Waals surface area (Å²) in [6, 6.07) is 22.5. The Morgan fingerprint density at radius 3 is 2.32 bits per heavy atom. The Morgan fingerprint density at radius 1 is 0.893 bits per heavy atom. The summed E-state index contributed by atoms with van der Waals surface area (Å²) in [4.78, 5) is 0.